The molecule has 0 spiro atoms. The van der Waals surface area contributed by atoms with Crippen molar-refractivity contribution in [3.8, 4) is 5.75 Å². The van der Waals surface area contributed by atoms with E-state index >= 15 is 0 Å². The number of hydrogen-bond acceptors (Lipinski definition) is 2. The van der Waals surface area contributed by atoms with E-state index in [1.165, 1.54) is 18.4 Å². The Balaban J connectivity index is 2.00. The Morgan fingerprint density at radius 1 is 1.40 bits per heavy atom. The molecule has 1 saturated carbocycles. The van der Waals surface area contributed by atoms with Crippen LogP contribution < -0.4 is 10.5 Å². The molecular formula is C12H16BrNO. The van der Waals surface area contributed by atoms with E-state index in [1.807, 2.05) is 6.07 Å². The normalized spacial score (nSPS) is 15.3. The van der Waals surface area contributed by atoms with Gasteiger partial charge in [0, 0.05) is 0 Å². The largest absolute Gasteiger partial charge is 0.489 e. The maximum absolute atomic E-state index is 5.74. The maximum atomic E-state index is 5.74. The summed E-state index contributed by atoms with van der Waals surface area (Å²) in [4.78, 5) is 0. The van der Waals surface area contributed by atoms with Crippen molar-refractivity contribution in [2.45, 2.75) is 31.8 Å². The lowest BCUT2D eigenvalue weighted by molar-refractivity contribution is 0.301. The molecule has 1 aromatic carbocycles. The van der Waals surface area contributed by atoms with Crippen molar-refractivity contribution in [3.05, 3.63) is 28.2 Å². The number of halogens is 1. The first-order valence-electron chi connectivity index (χ1n) is 5.45. The van der Waals surface area contributed by atoms with E-state index in [-0.39, 0.29) is 0 Å². The van der Waals surface area contributed by atoms with Crippen LogP contribution in [0.4, 0.5) is 0 Å². The average molecular weight is 270 g/mol. The van der Waals surface area contributed by atoms with Crippen LogP contribution in [0.15, 0.2) is 22.7 Å². The second-order valence-corrected chi connectivity index (χ2v) is 4.83. The highest BCUT2D eigenvalue weighted by Crippen LogP contribution is 2.32. The summed E-state index contributed by atoms with van der Waals surface area (Å²) in [6, 6.07) is 6.31. The molecule has 2 nitrogen and oxygen atoms in total. The molecular weight excluding hydrogens is 254 g/mol. The van der Waals surface area contributed by atoms with Crippen molar-refractivity contribution in [3.63, 3.8) is 0 Å². The standard InChI is InChI=1S/C12H16BrNO/c13-11-8-9(2-1-7-14)3-6-12(11)15-10-4-5-10/h3,6,8,10H,1-2,4-5,7,14H2. The molecule has 0 aliphatic heterocycles. The minimum Gasteiger partial charge on any atom is -0.489 e. The third kappa shape index (κ3) is 3.21. The average Bonchev–Trinajstić information content (AvgIpc) is 3.02. The molecule has 0 heterocycles. The Morgan fingerprint density at radius 3 is 2.80 bits per heavy atom. The molecule has 0 radical (unpaired) electrons. The predicted molar refractivity (Wildman–Crippen MR) is 65.2 cm³/mol. The van der Waals surface area contributed by atoms with Crippen LogP contribution in [0.3, 0.4) is 0 Å². The van der Waals surface area contributed by atoms with E-state index in [0.717, 1.165) is 29.6 Å². The van der Waals surface area contributed by atoms with Crippen LogP contribution in [0.25, 0.3) is 0 Å². The summed E-state index contributed by atoms with van der Waals surface area (Å²) in [6.07, 6.45) is 4.92. The molecule has 1 fully saturated rings. The fraction of sp³-hybridized carbons (Fsp3) is 0.500. The molecule has 0 unspecified atom stereocenters. The quantitative estimate of drug-likeness (QED) is 0.892. The lowest BCUT2D eigenvalue weighted by Gasteiger charge is -2.08. The fourth-order valence-corrected chi connectivity index (χ4v) is 1.99. The third-order valence-electron chi connectivity index (χ3n) is 2.48. The van der Waals surface area contributed by atoms with Crippen LogP contribution in [0.1, 0.15) is 24.8 Å². The van der Waals surface area contributed by atoms with Gasteiger partial charge in [-0.3, -0.25) is 0 Å². The van der Waals surface area contributed by atoms with E-state index in [0.29, 0.717) is 6.10 Å². The number of rotatable bonds is 5. The Morgan fingerprint density at radius 2 is 2.20 bits per heavy atom. The smallest absolute Gasteiger partial charge is 0.133 e. The summed E-state index contributed by atoms with van der Waals surface area (Å²) in [5.74, 6) is 0.967. The highest BCUT2D eigenvalue weighted by atomic mass is 79.9. The lowest BCUT2D eigenvalue weighted by Crippen LogP contribution is -2.01. The lowest BCUT2D eigenvalue weighted by atomic mass is 10.1. The number of benzene rings is 1. The second-order valence-electron chi connectivity index (χ2n) is 3.97. The van der Waals surface area contributed by atoms with E-state index in [9.17, 15) is 0 Å². The van der Waals surface area contributed by atoms with Gasteiger partial charge in [0.05, 0.1) is 10.6 Å². The maximum Gasteiger partial charge on any atom is 0.133 e. The van der Waals surface area contributed by atoms with Gasteiger partial charge < -0.3 is 10.5 Å². The van der Waals surface area contributed by atoms with Gasteiger partial charge in [-0.2, -0.15) is 0 Å². The van der Waals surface area contributed by atoms with E-state index in [4.69, 9.17) is 10.5 Å². The highest BCUT2D eigenvalue weighted by Gasteiger charge is 2.24. The zero-order valence-electron chi connectivity index (χ0n) is 8.71. The van der Waals surface area contributed by atoms with Crippen LogP contribution in [0, 0.1) is 0 Å². The molecule has 1 aliphatic carbocycles. The van der Waals surface area contributed by atoms with Crippen LogP contribution in [-0.4, -0.2) is 12.6 Å². The SMILES string of the molecule is NCCCc1ccc(OC2CC2)c(Br)c1. The van der Waals surface area contributed by atoms with Crippen molar-refractivity contribution in [2.24, 2.45) is 5.73 Å². The summed E-state index contributed by atoms with van der Waals surface area (Å²) >= 11 is 3.54. The van der Waals surface area contributed by atoms with Crippen LogP contribution in [0.2, 0.25) is 0 Å². The van der Waals surface area contributed by atoms with Crippen molar-refractivity contribution in [2.75, 3.05) is 6.54 Å². The van der Waals surface area contributed by atoms with Gasteiger partial charge in [-0.1, -0.05) is 6.07 Å². The summed E-state index contributed by atoms with van der Waals surface area (Å²) in [7, 11) is 0. The molecule has 82 valence electrons. The zero-order chi connectivity index (χ0) is 10.7. The van der Waals surface area contributed by atoms with Gasteiger partial charge >= 0.3 is 0 Å². The second kappa shape index (κ2) is 4.99. The number of aryl methyl sites for hydroxylation is 1. The van der Waals surface area contributed by atoms with Crippen LogP contribution in [-0.2, 0) is 6.42 Å². The molecule has 0 bridgehead atoms. The van der Waals surface area contributed by atoms with Crippen molar-refractivity contribution in [1.29, 1.82) is 0 Å². The van der Waals surface area contributed by atoms with Gasteiger partial charge in [0.15, 0.2) is 0 Å². The number of ether oxygens (including phenoxy) is 1. The zero-order valence-corrected chi connectivity index (χ0v) is 10.3. The summed E-state index contributed by atoms with van der Waals surface area (Å²) in [5, 5.41) is 0. The fourth-order valence-electron chi connectivity index (χ4n) is 1.47. The molecule has 0 amide bonds. The molecule has 0 atom stereocenters. The van der Waals surface area contributed by atoms with E-state index < -0.39 is 0 Å². The predicted octanol–water partition coefficient (Wildman–Crippen LogP) is 2.88. The van der Waals surface area contributed by atoms with Gasteiger partial charge in [0.1, 0.15) is 5.75 Å². The van der Waals surface area contributed by atoms with Crippen molar-refractivity contribution < 1.29 is 4.74 Å². The first-order chi connectivity index (χ1) is 7.29. The molecule has 1 aromatic rings. The first-order valence-corrected chi connectivity index (χ1v) is 6.24. The minimum absolute atomic E-state index is 0.455. The van der Waals surface area contributed by atoms with Gasteiger partial charge in [0.25, 0.3) is 0 Å². The topological polar surface area (TPSA) is 35.2 Å². The van der Waals surface area contributed by atoms with Crippen molar-refractivity contribution in [1.82, 2.24) is 0 Å². The number of nitrogens with two attached hydrogens (primary N) is 1. The highest BCUT2D eigenvalue weighted by molar-refractivity contribution is 9.10. The molecule has 2 rings (SSSR count). The van der Waals surface area contributed by atoms with Gasteiger partial charge in [-0.25, -0.2) is 0 Å². The molecule has 1 aliphatic rings. The van der Waals surface area contributed by atoms with Crippen LogP contribution >= 0.6 is 15.9 Å². The molecule has 0 aromatic heterocycles. The number of hydrogen-bond donors (Lipinski definition) is 1. The Hall–Kier alpha value is -0.540. The Bertz CT molecular complexity index is 336. The van der Waals surface area contributed by atoms with Crippen LogP contribution in [0.5, 0.6) is 5.75 Å². The summed E-state index contributed by atoms with van der Waals surface area (Å²) in [6.45, 7) is 0.748. The molecule has 3 heteroatoms. The van der Waals surface area contributed by atoms with Crippen molar-refractivity contribution >= 4 is 15.9 Å². The minimum atomic E-state index is 0.455. The Kier molecular flexibility index (Phi) is 3.65. The van der Waals surface area contributed by atoms with Gasteiger partial charge in [0.2, 0.25) is 0 Å². The summed E-state index contributed by atoms with van der Waals surface area (Å²) in [5.41, 5.74) is 6.80. The van der Waals surface area contributed by atoms with Gasteiger partial charge in [-0.15, -0.1) is 0 Å². The molecule has 0 saturated heterocycles. The molecule has 2 N–H and O–H groups in total. The van der Waals surface area contributed by atoms with E-state index in [2.05, 4.69) is 28.1 Å². The first kappa shape index (κ1) is 11.0. The third-order valence-corrected chi connectivity index (χ3v) is 3.10. The van der Waals surface area contributed by atoms with Gasteiger partial charge in [-0.05, 0) is 65.9 Å². The monoisotopic (exact) mass is 269 g/mol. The Labute approximate surface area is 98.9 Å². The van der Waals surface area contributed by atoms with E-state index in [1.54, 1.807) is 0 Å². The molecule has 15 heavy (non-hydrogen) atoms. The summed E-state index contributed by atoms with van der Waals surface area (Å²) < 4.78 is 6.80.